The van der Waals surface area contributed by atoms with Crippen LogP contribution in [0.25, 0.3) is 0 Å². The van der Waals surface area contributed by atoms with Crippen molar-refractivity contribution in [1.82, 2.24) is 9.80 Å². The number of carbonyl (C=O) groups excluding carboxylic acids is 2. The van der Waals surface area contributed by atoms with E-state index in [0.29, 0.717) is 26.2 Å². The van der Waals surface area contributed by atoms with Gasteiger partial charge in [0.2, 0.25) is 5.91 Å². The molecule has 0 aromatic heterocycles. The summed E-state index contributed by atoms with van der Waals surface area (Å²) in [4.78, 5) is 27.7. The summed E-state index contributed by atoms with van der Waals surface area (Å²) in [5.41, 5.74) is -0.811. The van der Waals surface area contributed by atoms with Crippen LogP contribution in [-0.2, 0) is 14.3 Å². The minimum Gasteiger partial charge on any atom is -0.439 e. The van der Waals surface area contributed by atoms with E-state index in [9.17, 15) is 9.59 Å². The third-order valence-electron chi connectivity index (χ3n) is 4.93. The van der Waals surface area contributed by atoms with Crippen molar-refractivity contribution in [1.29, 1.82) is 0 Å². The first-order valence-electron chi connectivity index (χ1n) is 7.23. The average molecular weight is 282 g/mol. The molecule has 3 fully saturated rings. The summed E-state index contributed by atoms with van der Waals surface area (Å²) in [6.07, 6.45) is 3.35. The molecule has 2 heterocycles. The molecule has 112 valence electrons. The highest BCUT2D eigenvalue weighted by molar-refractivity contribution is 5.84. The maximum atomic E-state index is 12.7. The minimum atomic E-state index is -0.487. The molecule has 0 radical (unpaired) electrons. The van der Waals surface area contributed by atoms with Gasteiger partial charge in [-0.1, -0.05) is 6.42 Å². The Morgan fingerprint density at radius 2 is 2.10 bits per heavy atom. The van der Waals surface area contributed by atoms with Crippen LogP contribution in [0.5, 0.6) is 0 Å². The molecule has 3 aliphatic rings. The maximum Gasteiger partial charge on any atom is 0.410 e. The number of nitrogens with zero attached hydrogens (tertiary/aromatic N) is 2. The first-order valence-corrected chi connectivity index (χ1v) is 7.23. The largest absolute Gasteiger partial charge is 0.439 e. The van der Waals surface area contributed by atoms with E-state index >= 15 is 0 Å². The first-order chi connectivity index (χ1) is 9.50. The molecular formula is C14H22N2O4. The monoisotopic (exact) mass is 282 g/mol. The number of amides is 2. The molecule has 3 rings (SSSR count). The van der Waals surface area contributed by atoms with Gasteiger partial charge in [-0.05, 0) is 12.8 Å². The summed E-state index contributed by atoms with van der Waals surface area (Å²) >= 11 is 0. The summed E-state index contributed by atoms with van der Waals surface area (Å²) in [7, 11) is 3.38. The van der Waals surface area contributed by atoms with Crippen molar-refractivity contribution in [3.63, 3.8) is 0 Å². The molecule has 2 saturated heterocycles. The predicted molar refractivity (Wildman–Crippen MR) is 71.2 cm³/mol. The SMILES string of the molecule is COCC1(C(=O)N2CCC3(CN(C)C(=O)O3)C2)CCC1. The molecule has 1 saturated carbocycles. The van der Waals surface area contributed by atoms with E-state index in [1.807, 2.05) is 4.90 Å². The second-order valence-corrected chi connectivity index (χ2v) is 6.45. The Kier molecular flexibility index (Phi) is 3.16. The van der Waals surface area contributed by atoms with Gasteiger partial charge in [0, 0.05) is 27.1 Å². The molecule has 1 spiro atoms. The Morgan fingerprint density at radius 3 is 2.60 bits per heavy atom. The molecule has 1 atom stereocenters. The highest BCUT2D eigenvalue weighted by Crippen LogP contribution is 2.44. The van der Waals surface area contributed by atoms with E-state index in [-0.39, 0.29) is 17.4 Å². The zero-order valence-electron chi connectivity index (χ0n) is 12.2. The van der Waals surface area contributed by atoms with E-state index < -0.39 is 5.60 Å². The van der Waals surface area contributed by atoms with Gasteiger partial charge < -0.3 is 19.3 Å². The molecular weight excluding hydrogens is 260 g/mol. The van der Waals surface area contributed by atoms with Crippen LogP contribution >= 0.6 is 0 Å². The lowest BCUT2D eigenvalue weighted by Crippen LogP contribution is -2.51. The fourth-order valence-electron chi connectivity index (χ4n) is 3.66. The Morgan fingerprint density at radius 1 is 1.35 bits per heavy atom. The number of hydrogen-bond acceptors (Lipinski definition) is 4. The van der Waals surface area contributed by atoms with Crippen LogP contribution in [0.1, 0.15) is 25.7 Å². The molecule has 0 N–H and O–H groups in total. The van der Waals surface area contributed by atoms with Gasteiger partial charge in [-0.2, -0.15) is 0 Å². The van der Waals surface area contributed by atoms with E-state index in [1.165, 1.54) is 0 Å². The van der Waals surface area contributed by atoms with Crippen LogP contribution in [0.15, 0.2) is 0 Å². The summed E-state index contributed by atoms with van der Waals surface area (Å²) in [6, 6.07) is 0. The average Bonchev–Trinajstić information content (AvgIpc) is 2.88. The summed E-state index contributed by atoms with van der Waals surface area (Å²) < 4.78 is 10.7. The van der Waals surface area contributed by atoms with Crippen LogP contribution in [0, 0.1) is 5.41 Å². The van der Waals surface area contributed by atoms with Crippen molar-refractivity contribution in [2.24, 2.45) is 5.41 Å². The standard InChI is InChI=1S/C14H22N2O4/c1-15-8-14(20-12(15)18)6-7-16(9-14)11(17)13(10-19-2)4-3-5-13/h3-10H2,1-2H3. The van der Waals surface area contributed by atoms with Crippen molar-refractivity contribution in [2.45, 2.75) is 31.3 Å². The quantitative estimate of drug-likeness (QED) is 0.770. The minimum absolute atomic E-state index is 0.174. The molecule has 20 heavy (non-hydrogen) atoms. The van der Waals surface area contributed by atoms with Gasteiger partial charge in [-0.15, -0.1) is 0 Å². The second-order valence-electron chi connectivity index (χ2n) is 6.45. The predicted octanol–water partition coefficient (Wildman–Crippen LogP) is 0.856. The molecule has 6 nitrogen and oxygen atoms in total. The van der Waals surface area contributed by atoms with E-state index in [2.05, 4.69) is 0 Å². The van der Waals surface area contributed by atoms with Crippen molar-refractivity contribution < 1.29 is 19.1 Å². The van der Waals surface area contributed by atoms with Gasteiger partial charge in [-0.3, -0.25) is 4.79 Å². The van der Waals surface area contributed by atoms with Crippen LogP contribution < -0.4 is 0 Å². The number of methoxy groups -OCH3 is 1. The van der Waals surface area contributed by atoms with E-state index in [1.54, 1.807) is 19.1 Å². The number of carbonyl (C=O) groups is 2. The van der Waals surface area contributed by atoms with Crippen LogP contribution in [-0.4, -0.2) is 67.8 Å². The Hall–Kier alpha value is -1.30. The van der Waals surface area contributed by atoms with Gasteiger partial charge in [0.25, 0.3) is 0 Å². The van der Waals surface area contributed by atoms with Crippen molar-refractivity contribution in [3.05, 3.63) is 0 Å². The Labute approximate surface area is 119 Å². The summed E-state index contributed by atoms with van der Waals surface area (Å²) in [5.74, 6) is 0.174. The third kappa shape index (κ3) is 1.97. The smallest absolute Gasteiger partial charge is 0.410 e. The van der Waals surface area contributed by atoms with Gasteiger partial charge >= 0.3 is 6.09 Å². The molecule has 0 aromatic carbocycles. The van der Waals surface area contributed by atoms with Crippen LogP contribution in [0.2, 0.25) is 0 Å². The van der Waals surface area contributed by atoms with Crippen molar-refractivity contribution in [3.8, 4) is 0 Å². The van der Waals surface area contributed by atoms with Crippen LogP contribution in [0.3, 0.4) is 0 Å². The van der Waals surface area contributed by atoms with Crippen LogP contribution in [0.4, 0.5) is 4.79 Å². The number of likely N-dealkylation sites (tertiary alicyclic amines) is 1. The molecule has 1 aliphatic carbocycles. The molecule has 1 unspecified atom stereocenters. The fourth-order valence-corrected chi connectivity index (χ4v) is 3.66. The third-order valence-corrected chi connectivity index (χ3v) is 4.93. The highest BCUT2D eigenvalue weighted by Gasteiger charge is 2.53. The summed E-state index contributed by atoms with van der Waals surface area (Å²) in [6.45, 7) is 2.26. The van der Waals surface area contributed by atoms with Gasteiger partial charge in [0.05, 0.1) is 25.1 Å². The zero-order chi connectivity index (χ0) is 14.4. The number of ether oxygens (including phenoxy) is 2. The highest BCUT2D eigenvalue weighted by atomic mass is 16.6. The van der Waals surface area contributed by atoms with Gasteiger partial charge in [0.1, 0.15) is 0 Å². The number of likely N-dealkylation sites (N-methyl/N-ethyl adjacent to an activating group) is 1. The number of hydrogen-bond donors (Lipinski definition) is 0. The van der Waals surface area contributed by atoms with E-state index in [0.717, 1.165) is 25.7 Å². The lowest BCUT2D eigenvalue weighted by Gasteiger charge is -2.42. The first kappa shape index (κ1) is 13.7. The molecule has 0 aromatic rings. The normalized spacial score (nSPS) is 31.6. The molecule has 0 bridgehead atoms. The van der Waals surface area contributed by atoms with E-state index in [4.69, 9.17) is 9.47 Å². The lowest BCUT2D eigenvalue weighted by atomic mass is 9.68. The van der Waals surface area contributed by atoms with Gasteiger partial charge in [0.15, 0.2) is 5.60 Å². The molecule has 2 amide bonds. The molecule has 6 heteroatoms. The Balaban J connectivity index is 1.68. The van der Waals surface area contributed by atoms with Gasteiger partial charge in [-0.25, -0.2) is 4.79 Å². The zero-order valence-corrected chi connectivity index (χ0v) is 12.2. The number of rotatable bonds is 3. The second kappa shape index (κ2) is 4.62. The maximum absolute atomic E-state index is 12.7. The fraction of sp³-hybridized carbons (Fsp3) is 0.857. The summed E-state index contributed by atoms with van der Waals surface area (Å²) in [5, 5.41) is 0. The lowest BCUT2D eigenvalue weighted by molar-refractivity contribution is -0.151. The Bertz CT molecular complexity index is 435. The molecule has 2 aliphatic heterocycles. The topological polar surface area (TPSA) is 59.1 Å². The van der Waals surface area contributed by atoms with Crippen molar-refractivity contribution >= 4 is 12.0 Å². The van der Waals surface area contributed by atoms with Crippen molar-refractivity contribution in [2.75, 3.05) is 40.4 Å².